The number of carbonyl (C=O) groups excluding carboxylic acids is 1. The Morgan fingerprint density at radius 2 is 2.28 bits per heavy atom. The van der Waals surface area contributed by atoms with Gasteiger partial charge in [0.15, 0.2) is 5.12 Å². The third-order valence-corrected chi connectivity index (χ3v) is 3.49. The Morgan fingerprint density at radius 1 is 1.50 bits per heavy atom. The van der Waals surface area contributed by atoms with E-state index in [9.17, 15) is 15.0 Å². The van der Waals surface area contributed by atoms with Crippen LogP contribution in [0, 0.1) is 0 Å². The van der Waals surface area contributed by atoms with Crippen molar-refractivity contribution in [1.82, 2.24) is 9.38 Å². The number of hydrogen-bond donors (Lipinski definition) is 2. The molecular formula is C12H14N2O3S. The molecular weight excluding hydrogens is 252 g/mol. The van der Waals surface area contributed by atoms with E-state index in [1.807, 2.05) is 18.2 Å². The molecule has 5 nitrogen and oxygen atoms in total. The van der Waals surface area contributed by atoms with E-state index < -0.39 is 12.2 Å². The number of pyridine rings is 1. The molecule has 0 spiro atoms. The third-order valence-electron chi connectivity index (χ3n) is 2.57. The van der Waals surface area contributed by atoms with Gasteiger partial charge in [0.05, 0.1) is 18.0 Å². The Labute approximate surface area is 108 Å². The van der Waals surface area contributed by atoms with Crippen LogP contribution < -0.4 is 0 Å². The van der Waals surface area contributed by atoms with E-state index in [1.54, 1.807) is 10.6 Å². The first-order chi connectivity index (χ1) is 8.59. The molecule has 2 rings (SSSR count). The monoisotopic (exact) mass is 266 g/mol. The molecule has 2 N–H and O–H groups in total. The standard InChI is InChI=1S/C12H14N2O3S/c1-8(15)18-7-10(16)12(17)9-6-13-11-4-2-3-5-14(9)11/h2-6,10,12,16-17H,7H2,1H3. The van der Waals surface area contributed by atoms with Crippen LogP contribution in [-0.2, 0) is 4.79 Å². The van der Waals surface area contributed by atoms with E-state index in [4.69, 9.17) is 0 Å². The lowest BCUT2D eigenvalue weighted by Crippen LogP contribution is -2.22. The Balaban J connectivity index is 2.17. The molecule has 96 valence electrons. The molecule has 0 bridgehead atoms. The summed E-state index contributed by atoms with van der Waals surface area (Å²) in [6.07, 6.45) is 1.24. The number of fused-ring (bicyclic) bond motifs is 1. The first-order valence-electron chi connectivity index (χ1n) is 5.51. The lowest BCUT2D eigenvalue weighted by atomic mass is 10.2. The summed E-state index contributed by atoms with van der Waals surface area (Å²) in [7, 11) is 0. The van der Waals surface area contributed by atoms with Crippen LogP contribution >= 0.6 is 11.8 Å². The number of nitrogens with zero attached hydrogens (tertiary/aromatic N) is 2. The number of thioether (sulfide) groups is 1. The number of hydrogen-bond acceptors (Lipinski definition) is 5. The minimum absolute atomic E-state index is 0.0839. The van der Waals surface area contributed by atoms with Gasteiger partial charge in [0.25, 0.3) is 0 Å². The van der Waals surface area contributed by atoms with E-state index in [2.05, 4.69) is 4.98 Å². The van der Waals surface area contributed by atoms with Crippen LogP contribution in [0.1, 0.15) is 18.7 Å². The van der Waals surface area contributed by atoms with Gasteiger partial charge in [0, 0.05) is 18.9 Å². The SMILES string of the molecule is CC(=O)SCC(O)C(O)c1cnc2ccccn12. The van der Waals surface area contributed by atoms with E-state index in [0.717, 1.165) is 11.8 Å². The predicted molar refractivity (Wildman–Crippen MR) is 69.3 cm³/mol. The van der Waals surface area contributed by atoms with Crippen molar-refractivity contribution < 1.29 is 15.0 Å². The summed E-state index contributed by atoms with van der Waals surface area (Å²) in [5, 5.41) is 19.8. The summed E-state index contributed by atoms with van der Waals surface area (Å²) in [6.45, 7) is 1.43. The minimum Gasteiger partial charge on any atom is -0.389 e. The number of carbonyl (C=O) groups is 1. The van der Waals surface area contributed by atoms with Crippen molar-refractivity contribution in [2.75, 3.05) is 5.75 Å². The van der Waals surface area contributed by atoms with Gasteiger partial charge in [-0.15, -0.1) is 0 Å². The topological polar surface area (TPSA) is 74.8 Å². The first kappa shape index (κ1) is 13.1. The van der Waals surface area contributed by atoms with Gasteiger partial charge < -0.3 is 14.6 Å². The maximum absolute atomic E-state index is 10.8. The minimum atomic E-state index is -1.06. The maximum Gasteiger partial charge on any atom is 0.185 e. The summed E-state index contributed by atoms with van der Waals surface area (Å²) in [5.41, 5.74) is 1.22. The Bertz CT molecular complexity index is 555. The van der Waals surface area contributed by atoms with Gasteiger partial charge in [0.1, 0.15) is 11.8 Å². The molecule has 0 aliphatic rings. The van der Waals surface area contributed by atoms with Crippen molar-refractivity contribution in [2.45, 2.75) is 19.1 Å². The highest BCUT2D eigenvalue weighted by molar-refractivity contribution is 8.13. The van der Waals surface area contributed by atoms with Gasteiger partial charge in [0.2, 0.25) is 0 Å². The zero-order valence-corrected chi connectivity index (χ0v) is 10.7. The van der Waals surface area contributed by atoms with Gasteiger partial charge in [-0.05, 0) is 12.1 Å². The van der Waals surface area contributed by atoms with Crippen LogP contribution in [0.15, 0.2) is 30.6 Å². The number of rotatable bonds is 4. The van der Waals surface area contributed by atoms with Gasteiger partial charge in [-0.3, -0.25) is 4.79 Å². The lowest BCUT2D eigenvalue weighted by Gasteiger charge is -2.16. The van der Waals surface area contributed by atoms with Crippen molar-refractivity contribution >= 4 is 22.5 Å². The summed E-state index contributed by atoms with van der Waals surface area (Å²) in [4.78, 5) is 15.0. The molecule has 0 radical (unpaired) electrons. The summed E-state index contributed by atoms with van der Waals surface area (Å²) < 4.78 is 1.71. The van der Waals surface area contributed by atoms with Crippen molar-refractivity contribution in [3.8, 4) is 0 Å². The Kier molecular flexibility index (Phi) is 4.00. The molecule has 0 amide bonds. The first-order valence-corrected chi connectivity index (χ1v) is 6.49. The molecule has 0 aromatic carbocycles. The molecule has 2 aromatic heterocycles. The fraction of sp³-hybridized carbons (Fsp3) is 0.333. The van der Waals surface area contributed by atoms with E-state index in [0.29, 0.717) is 11.3 Å². The smallest absolute Gasteiger partial charge is 0.185 e. The largest absolute Gasteiger partial charge is 0.389 e. The van der Waals surface area contributed by atoms with Gasteiger partial charge in [-0.2, -0.15) is 0 Å². The quantitative estimate of drug-likeness (QED) is 0.864. The highest BCUT2D eigenvalue weighted by Crippen LogP contribution is 2.21. The highest BCUT2D eigenvalue weighted by Gasteiger charge is 2.22. The number of aromatic nitrogens is 2. The second-order valence-electron chi connectivity index (χ2n) is 3.93. The third kappa shape index (κ3) is 2.72. The zero-order valence-electron chi connectivity index (χ0n) is 9.85. The maximum atomic E-state index is 10.8. The zero-order chi connectivity index (χ0) is 13.1. The second kappa shape index (κ2) is 5.51. The molecule has 2 atom stereocenters. The summed E-state index contributed by atoms with van der Waals surface area (Å²) >= 11 is 0.992. The molecule has 0 saturated carbocycles. The Hall–Kier alpha value is -1.37. The Morgan fingerprint density at radius 3 is 3.00 bits per heavy atom. The van der Waals surface area contributed by atoms with Crippen LogP contribution in [0.4, 0.5) is 0 Å². The average Bonchev–Trinajstić information content (AvgIpc) is 2.78. The average molecular weight is 266 g/mol. The summed E-state index contributed by atoms with van der Waals surface area (Å²) in [5.74, 6) is 0.163. The van der Waals surface area contributed by atoms with Crippen LogP contribution in [0.5, 0.6) is 0 Å². The molecule has 2 heterocycles. The van der Waals surface area contributed by atoms with Crippen molar-refractivity contribution in [1.29, 1.82) is 0 Å². The molecule has 0 aliphatic carbocycles. The molecule has 6 heteroatoms. The van der Waals surface area contributed by atoms with Crippen LogP contribution in [0.2, 0.25) is 0 Å². The molecule has 18 heavy (non-hydrogen) atoms. The number of imidazole rings is 1. The van der Waals surface area contributed by atoms with Crippen LogP contribution in [-0.4, -0.2) is 36.6 Å². The molecule has 2 unspecified atom stereocenters. The van der Waals surface area contributed by atoms with Crippen LogP contribution in [0.3, 0.4) is 0 Å². The number of aliphatic hydroxyl groups is 2. The van der Waals surface area contributed by atoms with Gasteiger partial charge in [-0.1, -0.05) is 17.8 Å². The van der Waals surface area contributed by atoms with Gasteiger partial charge in [-0.25, -0.2) is 4.98 Å². The molecule has 0 fully saturated rings. The molecule has 0 saturated heterocycles. The van der Waals surface area contributed by atoms with Gasteiger partial charge >= 0.3 is 0 Å². The van der Waals surface area contributed by atoms with E-state index in [1.165, 1.54) is 13.1 Å². The van der Waals surface area contributed by atoms with Crippen molar-refractivity contribution in [3.63, 3.8) is 0 Å². The van der Waals surface area contributed by atoms with E-state index in [-0.39, 0.29) is 10.9 Å². The summed E-state index contributed by atoms with van der Waals surface area (Å²) in [6, 6.07) is 5.48. The fourth-order valence-corrected chi connectivity index (χ4v) is 2.25. The highest BCUT2D eigenvalue weighted by atomic mass is 32.2. The van der Waals surface area contributed by atoms with Crippen molar-refractivity contribution in [2.24, 2.45) is 0 Å². The van der Waals surface area contributed by atoms with Crippen molar-refractivity contribution in [3.05, 3.63) is 36.3 Å². The van der Waals surface area contributed by atoms with E-state index >= 15 is 0 Å². The number of aliphatic hydroxyl groups excluding tert-OH is 2. The lowest BCUT2D eigenvalue weighted by molar-refractivity contribution is -0.109. The fourth-order valence-electron chi connectivity index (χ4n) is 1.66. The molecule has 0 aliphatic heterocycles. The normalized spacial score (nSPS) is 14.6. The van der Waals surface area contributed by atoms with Crippen LogP contribution in [0.25, 0.3) is 5.65 Å². The second-order valence-corrected chi connectivity index (χ2v) is 5.12. The molecule has 2 aromatic rings. The predicted octanol–water partition coefficient (Wildman–Crippen LogP) is 1.01.